The van der Waals surface area contributed by atoms with Crippen molar-refractivity contribution in [2.45, 2.75) is 24.9 Å². The zero-order valence-electron chi connectivity index (χ0n) is 17.5. The first-order valence-corrected chi connectivity index (χ1v) is 10.5. The molecular weight excluding hydrogens is 408 g/mol. The van der Waals surface area contributed by atoms with Crippen LogP contribution in [-0.2, 0) is 9.59 Å². The number of rotatable bonds is 8. The third-order valence-corrected chi connectivity index (χ3v) is 5.46. The van der Waals surface area contributed by atoms with E-state index in [9.17, 15) is 19.2 Å². The van der Waals surface area contributed by atoms with Crippen LogP contribution in [0.15, 0.2) is 61.2 Å². The molecule has 0 aromatic heterocycles. The lowest BCUT2D eigenvalue weighted by Crippen LogP contribution is -2.42. The Labute approximate surface area is 185 Å². The lowest BCUT2D eigenvalue weighted by molar-refractivity contribution is -0.127. The van der Waals surface area contributed by atoms with E-state index in [2.05, 4.69) is 22.5 Å². The lowest BCUT2D eigenvalue weighted by Gasteiger charge is -2.24. The molecule has 1 fully saturated rings. The SMILES string of the molecule is C=CCNC(=O)c1ccccc1NC(=O)CNC(=O)C1c2ccccc2C(=O)N1C1CC1. The normalized spacial score (nSPS) is 16.8. The van der Waals surface area contributed by atoms with E-state index in [4.69, 9.17) is 0 Å². The molecule has 32 heavy (non-hydrogen) atoms. The predicted molar refractivity (Wildman–Crippen MR) is 119 cm³/mol. The molecule has 2 aromatic carbocycles. The molecule has 2 aromatic rings. The Kier molecular flexibility index (Phi) is 6.02. The second-order valence-electron chi connectivity index (χ2n) is 7.74. The summed E-state index contributed by atoms with van der Waals surface area (Å²) in [7, 11) is 0. The van der Waals surface area contributed by atoms with Crippen LogP contribution in [0, 0.1) is 0 Å². The van der Waals surface area contributed by atoms with Crippen molar-refractivity contribution >= 4 is 29.3 Å². The first kappa shape index (κ1) is 21.3. The fourth-order valence-electron chi connectivity index (χ4n) is 3.84. The van der Waals surface area contributed by atoms with Crippen molar-refractivity contribution in [3.05, 3.63) is 77.9 Å². The zero-order chi connectivity index (χ0) is 22.7. The summed E-state index contributed by atoms with van der Waals surface area (Å²) in [6.07, 6.45) is 3.30. The largest absolute Gasteiger partial charge is 0.349 e. The first-order valence-electron chi connectivity index (χ1n) is 10.5. The Morgan fingerprint density at radius 2 is 1.75 bits per heavy atom. The van der Waals surface area contributed by atoms with Gasteiger partial charge in [-0.1, -0.05) is 36.4 Å². The van der Waals surface area contributed by atoms with Gasteiger partial charge in [0.2, 0.25) is 11.8 Å². The summed E-state index contributed by atoms with van der Waals surface area (Å²) in [6.45, 7) is 3.58. The molecule has 0 spiro atoms. The molecule has 1 unspecified atom stereocenters. The van der Waals surface area contributed by atoms with Gasteiger partial charge in [-0.15, -0.1) is 6.58 Å². The number of fused-ring (bicyclic) bond motifs is 1. The molecule has 1 heterocycles. The monoisotopic (exact) mass is 432 g/mol. The summed E-state index contributed by atoms with van der Waals surface area (Å²) in [6, 6.07) is 13.0. The number of nitrogens with zero attached hydrogens (tertiary/aromatic N) is 1. The highest BCUT2D eigenvalue weighted by atomic mass is 16.2. The van der Waals surface area contributed by atoms with E-state index in [0.29, 0.717) is 28.9 Å². The molecule has 4 rings (SSSR count). The van der Waals surface area contributed by atoms with Crippen molar-refractivity contribution < 1.29 is 19.2 Å². The maximum absolute atomic E-state index is 13.0. The van der Waals surface area contributed by atoms with Gasteiger partial charge in [0, 0.05) is 18.2 Å². The van der Waals surface area contributed by atoms with E-state index in [1.54, 1.807) is 59.5 Å². The molecule has 0 radical (unpaired) electrons. The van der Waals surface area contributed by atoms with Crippen molar-refractivity contribution in [1.29, 1.82) is 0 Å². The summed E-state index contributed by atoms with van der Waals surface area (Å²) >= 11 is 0. The van der Waals surface area contributed by atoms with E-state index in [0.717, 1.165) is 12.8 Å². The highest BCUT2D eigenvalue weighted by Crippen LogP contribution is 2.41. The molecule has 0 bridgehead atoms. The molecule has 0 saturated heterocycles. The minimum atomic E-state index is -0.740. The molecule has 1 aliphatic heterocycles. The predicted octanol–water partition coefficient (Wildman–Crippen LogP) is 2.02. The Hall–Kier alpha value is -3.94. The summed E-state index contributed by atoms with van der Waals surface area (Å²) < 4.78 is 0. The summed E-state index contributed by atoms with van der Waals surface area (Å²) in [5, 5.41) is 7.98. The second-order valence-corrected chi connectivity index (χ2v) is 7.74. The Bertz CT molecular complexity index is 1090. The number of hydrogen-bond acceptors (Lipinski definition) is 4. The minimum Gasteiger partial charge on any atom is -0.349 e. The molecule has 4 amide bonds. The van der Waals surface area contributed by atoms with E-state index < -0.39 is 17.9 Å². The minimum absolute atomic E-state index is 0.0560. The summed E-state index contributed by atoms with van der Waals surface area (Å²) in [4.78, 5) is 52.2. The Morgan fingerprint density at radius 1 is 1.03 bits per heavy atom. The number of anilines is 1. The van der Waals surface area contributed by atoms with Crippen LogP contribution in [0.25, 0.3) is 0 Å². The standard InChI is InChI=1S/C24H24N4O4/c1-2-13-25-22(30)18-9-5-6-10-19(18)27-20(29)14-26-23(31)21-16-7-3-4-8-17(16)24(32)28(21)15-11-12-15/h2-10,15,21H,1,11-14H2,(H,25,30)(H,26,31)(H,27,29). The number of nitrogens with one attached hydrogen (secondary N) is 3. The van der Waals surface area contributed by atoms with Gasteiger partial charge in [0.1, 0.15) is 6.04 Å². The van der Waals surface area contributed by atoms with Gasteiger partial charge in [0.15, 0.2) is 0 Å². The van der Waals surface area contributed by atoms with Crippen molar-refractivity contribution in [3.63, 3.8) is 0 Å². The number of para-hydroxylation sites is 1. The Morgan fingerprint density at radius 3 is 2.50 bits per heavy atom. The lowest BCUT2D eigenvalue weighted by atomic mass is 10.0. The van der Waals surface area contributed by atoms with Gasteiger partial charge in [0.25, 0.3) is 11.8 Å². The van der Waals surface area contributed by atoms with Crippen molar-refractivity contribution in [3.8, 4) is 0 Å². The van der Waals surface area contributed by atoms with E-state index in [1.807, 2.05) is 0 Å². The van der Waals surface area contributed by atoms with E-state index in [1.165, 1.54) is 0 Å². The average molecular weight is 432 g/mol. The molecule has 2 aliphatic rings. The summed E-state index contributed by atoms with van der Waals surface area (Å²) in [5.74, 6) is -1.36. The number of carbonyl (C=O) groups excluding carboxylic acids is 4. The van der Waals surface area contributed by atoms with Crippen LogP contribution in [0.2, 0.25) is 0 Å². The number of carbonyl (C=O) groups is 4. The third-order valence-electron chi connectivity index (χ3n) is 5.46. The van der Waals surface area contributed by atoms with Crippen molar-refractivity contribution in [2.75, 3.05) is 18.4 Å². The van der Waals surface area contributed by atoms with Gasteiger partial charge in [-0.2, -0.15) is 0 Å². The summed E-state index contributed by atoms with van der Waals surface area (Å²) in [5.41, 5.74) is 1.84. The van der Waals surface area contributed by atoms with Crippen molar-refractivity contribution in [2.24, 2.45) is 0 Å². The van der Waals surface area contributed by atoms with Crippen LogP contribution in [0.5, 0.6) is 0 Å². The highest BCUT2D eigenvalue weighted by Gasteiger charge is 2.47. The van der Waals surface area contributed by atoms with Gasteiger partial charge in [-0.05, 0) is 36.6 Å². The first-order chi connectivity index (χ1) is 15.5. The van der Waals surface area contributed by atoms with E-state index in [-0.39, 0.29) is 24.4 Å². The quantitative estimate of drug-likeness (QED) is 0.555. The van der Waals surface area contributed by atoms with Gasteiger partial charge in [-0.3, -0.25) is 19.2 Å². The second kappa shape index (κ2) is 9.05. The van der Waals surface area contributed by atoms with Crippen LogP contribution in [0.1, 0.15) is 45.2 Å². The molecule has 8 heteroatoms. The fourth-order valence-corrected chi connectivity index (χ4v) is 3.84. The Balaban J connectivity index is 1.42. The highest BCUT2D eigenvalue weighted by molar-refractivity contribution is 6.07. The van der Waals surface area contributed by atoms with Gasteiger partial charge >= 0.3 is 0 Å². The average Bonchev–Trinajstić information content (AvgIpc) is 3.60. The van der Waals surface area contributed by atoms with Gasteiger partial charge in [0.05, 0.1) is 17.8 Å². The van der Waals surface area contributed by atoms with Crippen LogP contribution in [0.4, 0.5) is 5.69 Å². The number of benzene rings is 2. The van der Waals surface area contributed by atoms with Crippen LogP contribution in [-0.4, -0.2) is 47.7 Å². The number of hydrogen-bond donors (Lipinski definition) is 3. The molecule has 8 nitrogen and oxygen atoms in total. The molecule has 1 atom stereocenters. The topological polar surface area (TPSA) is 108 Å². The maximum atomic E-state index is 13.0. The van der Waals surface area contributed by atoms with E-state index >= 15 is 0 Å². The van der Waals surface area contributed by atoms with Gasteiger partial charge < -0.3 is 20.9 Å². The third kappa shape index (κ3) is 4.25. The van der Waals surface area contributed by atoms with Crippen LogP contribution >= 0.6 is 0 Å². The molecule has 3 N–H and O–H groups in total. The molecule has 164 valence electrons. The zero-order valence-corrected chi connectivity index (χ0v) is 17.5. The molecule has 1 aliphatic carbocycles. The van der Waals surface area contributed by atoms with Crippen LogP contribution < -0.4 is 16.0 Å². The maximum Gasteiger partial charge on any atom is 0.255 e. The molecule has 1 saturated carbocycles. The van der Waals surface area contributed by atoms with Gasteiger partial charge in [-0.25, -0.2) is 0 Å². The smallest absolute Gasteiger partial charge is 0.255 e. The van der Waals surface area contributed by atoms with Crippen LogP contribution in [0.3, 0.4) is 0 Å². The van der Waals surface area contributed by atoms with Crippen molar-refractivity contribution in [1.82, 2.24) is 15.5 Å². The number of amides is 4. The molecular formula is C24H24N4O4. The fraction of sp³-hybridized carbons (Fsp3) is 0.250.